The number of hydrogen-bond acceptors (Lipinski definition) is 4. The van der Waals surface area contributed by atoms with Crippen LogP contribution in [-0.4, -0.2) is 26.2 Å². The molecule has 0 unspecified atom stereocenters. The van der Waals surface area contributed by atoms with Gasteiger partial charge in [0.2, 0.25) is 0 Å². The number of rotatable bonds is 5. The van der Waals surface area contributed by atoms with Gasteiger partial charge in [0, 0.05) is 24.8 Å². The van der Waals surface area contributed by atoms with Crippen molar-refractivity contribution in [3.63, 3.8) is 0 Å². The van der Waals surface area contributed by atoms with Crippen molar-refractivity contribution in [2.45, 2.75) is 6.54 Å². The maximum atomic E-state index is 12.9. The Morgan fingerprint density at radius 3 is 2.54 bits per heavy atom. The first-order chi connectivity index (χ1) is 13.7. The lowest BCUT2D eigenvalue weighted by atomic mass is 10.1. The minimum Gasteiger partial charge on any atom is -0.486 e. The van der Waals surface area contributed by atoms with E-state index in [0.29, 0.717) is 31.1 Å². The highest BCUT2D eigenvalue weighted by Gasteiger charge is 2.18. The summed E-state index contributed by atoms with van der Waals surface area (Å²) in [4.78, 5) is 14.9. The van der Waals surface area contributed by atoms with E-state index in [9.17, 15) is 4.79 Å². The van der Waals surface area contributed by atoms with E-state index in [1.807, 2.05) is 84.7 Å². The van der Waals surface area contributed by atoms with Crippen molar-refractivity contribution >= 4 is 17.3 Å². The van der Waals surface area contributed by atoms with E-state index in [2.05, 4.69) is 5.32 Å². The molecule has 1 heterocycles. The number of anilines is 2. The molecule has 0 bridgehead atoms. The van der Waals surface area contributed by atoms with Crippen molar-refractivity contribution in [2.75, 3.05) is 25.2 Å². The van der Waals surface area contributed by atoms with Gasteiger partial charge in [0.25, 0.3) is 5.91 Å². The SMILES string of the molecule is CN(c1ccccc1)c1ccccc1C(=O)NCc1cccc2c1OCCO2. The lowest BCUT2D eigenvalue weighted by Gasteiger charge is -2.23. The van der Waals surface area contributed by atoms with Crippen LogP contribution in [0, 0.1) is 0 Å². The fourth-order valence-electron chi connectivity index (χ4n) is 3.29. The first-order valence-electron chi connectivity index (χ1n) is 9.27. The zero-order chi connectivity index (χ0) is 19.3. The number of carbonyl (C=O) groups excluding carboxylic acids is 1. The minimum atomic E-state index is -0.132. The number of nitrogens with zero attached hydrogens (tertiary/aromatic N) is 1. The van der Waals surface area contributed by atoms with Gasteiger partial charge in [0.15, 0.2) is 11.5 Å². The summed E-state index contributed by atoms with van der Waals surface area (Å²) in [5, 5.41) is 3.01. The summed E-state index contributed by atoms with van der Waals surface area (Å²) in [5.74, 6) is 1.30. The first-order valence-corrected chi connectivity index (χ1v) is 9.27. The number of benzene rings is 3. The van der Waals surface area contributed by atoms with Crippen molar-refractivity contribution < 1.29 is 14.3 Å². The second-order valence-corrected chi connectivity index (χ2v) is 6.54. The Balaban J connectivity index is 1.54. The van der Waals surface area contributed by atoms with Gasteiger partial charge >= 0.3 is 0 Å². The van der Waals surface area contributed by atoms with Crippen LogP contribution < -0.4 is 19.7 Å². The molecule has 28 heavy (non-hydrogen) atoms. The Kier molecular flexibility index (Phi) is 5.15. The Morgan fingerprint density at radius 1 is 0.929 bits per heavy atom. The van der Waals surface area contributed by atoms with Crippen LogP contribution >= 0.6 is 0 Å². The molecule has 1 amide bonds. The second-order valence-electron chi connectivity index (χ2n) is 6.54. The molecule has 3 aromatic rings. The third-order valence-corrected chi connectivity index (χ3v) is 4.74. The molecule has 142 valence electrons. The fourth-order valence-corrected chi connectivity index (χ4v) is 3.29. The minimum absolute atomic E-state index is 0.132. The molecular weight excluding hydrogens is 352 g/mol. The smallest absolute Gasteiger partial charge is 0.253 e. The molecule has 0 atom stereocenters. The zero-order valence-electron chi connectivity index (χ0n) is 15.7. The summed E-state index contributed by atoms with van der Waals surface area (Å²) in [6, 6.07) is 23.3. The third-order valence-electron chi connectivity index (χ3n) is 4.74. The van der Waals surface area contributed by atoms with Gasteiger partial charge in [-0.15, -0.1) is 0 Å². The maximum absolute atomic E-state index is 12.9. The molecule has 0 spiro atoms. The molecule has 0 saturated heterocycles. The largest absolute Gasteiger partial charge is 0.486 e. The molecule has 0 saturated carbocycles. The highest BCUT2D eigenvalue weighted by atomic mass is 16.6. The van der Waals surface area contributed by atoms with E-state index in [-0.39, 0.29) is 5.91 Å². The van der Waals surface area contributed by atoms with Crippen molar-refractivity contribution in [2.24, 2.45) is 0 Å². The van der Waals surface area contributed by atoms with Crippen LogP contribution in [-0.2, 0) is 6.54 Å². The fraction of sp³-hybridized carbons (Fsp3) is 0.174. The van der Waals surface area contributed by atoms with Gasteiger partial charge in [-0.2, -0.15) is 0 Å². The van der Waals surface area contributed by atoms with Gasteiger partial charge in [-0.1, -0.05) is 42.5 Å². The van der Waals surface area contributed by atoms with Crippen molar-refractivity contribution in [1.82, 2.24) is 5.32 Å². The van der Waals surface area contributed by atoms with E-state index in [1.54, 1.807) is 0 Å². The average Bonchev–Trinajstić information content (AvgIpc) is 2.77. The molecule has 0 aromatic heterocycles. The number of amides is 1. The van der Waals surface area contributed by atoms with Gasteiger partial charge in [0.1, 0.15) is 13.2 Å². The molecular formula is C23H22N2O3. The lowest BCUT2D eigenvalue weighted by Crippen LogP contribution is -2.26. The normalized spacial score (nSPS) is 12.3. The van der Waals surface area contributed by atoms with E-state index in [4.69, 9.17) is 9.47 Å². The average molecular weight is 374 g/mol. The Bertz CT molecular complexity index is 973. The zero-order valence-corrected chi connectivity index (χ0v) is 15.7. The Labute approximate surface area is 164 Å². The number of fused-ring (bicyclic) bond motifs is 1. The quantitative estimate of drug-likeness (QED) is 0.729. The van der Waals surface area contributed by atoms with Gasteiger partial charge < -0.3 is 19.7 Å². The van der Waals surface area contributed by atoms with Crippen LogP contribution in [0.5, 0.6) is 11.5 Å². The number of hydrogen-bond donors (Lipinski definition) is 1. The third kappa shape index (κ3) is 3.64. The maximum Gasteiger partial charge on any atom is 0.253 e. The highest BCUT2D eigenvalue weighted by Crippen LogP contribution is 2.33. The predicted molar refractivity (Wildman–Crippen MR) is 110 cm³/mol. The van der Waals surface area contributed by atoms with Crippen molar-refractivity contribution in [3.05, 3.63) is 83.9 Å². The van der Waals surface area contributed by atoms with Gasteiger partial charge in [0.05, 0.1) is 11.3 Å². The second kappa shape index (κ2) is 8.05. The van der Waals surface area contributed by atoms with Crippen LogP contribution in [0.4, 0.5) is 11.4 Å². The molecule has 4 rings (SSSR count). The van der Waals surface area contributed by atoms with Gasteiger partial charge in [-0.05, 0) is 30.3 Å². The van der Waals surface area contributed by atoms with Crippen molar-refractivity contribution in [3.8, 4) is 11.5 Å². The summed E-state index contributed by atoms with van der Waals surface area (Å²) in [5.41, 5.74) is 3.39. The number of ether oxygens (including phenoxy) is 2. The van der Waals surface area contributed by atoms with E-state index < -0.39 is 0 Å². The molecule has 1 aliphatic rings. The van der Waals surface area contributed by atoms with E-state index >= 15 is 0 Å². The molecule has 1 aliphatic heterocycles. The highest BCUT2D eigenvalue weighted by molar-refractivity contribution is 6.00. The van der Waals surface area contributed by atoms with Crippen molar-refractivity contribution in [1.29, 1.82) is 0 Å². The Hall–Kier alpha value is -3.47. The number of carbonyl (C=O) groups is 1. The number of nitrogens with one attached hydrogen (secondary N) is 1. The summed E-state index contributed by atoms with van der Waals surface area (Å²) in [6.45, 7) is 1.43. The standard InChI is InChI=1S/C23H22N2O3/c1-25(18-9-3-2-4-10-18)20-12-6-5-11-19(20)23(26)24-16-17-8-7-13-21-22(17)28-15-14-27-21/h2-13H,14-16H2,1H3,(H,24,26). The van der Waals surface area contributed by atoms with E-state index in [1.165, 1.54) is 0 Å². The lowest BCUT2D eigenvalue weighted by molar-refractivity contribution is 0.0950. The summed E-state index contributed by atoms with van der Waals surface area (Å²) < 4.78 is 11.3. The first kappa shape index (κ1) is 17.9. The summed E-state index contributed by atoms with van der Waals surface area (Å²) in [6.07, 6.45) is 0. The Morgan fingerprint density at radius 2 is 1.68 bits per heavy atom. The predicted octanol–water partition coefficient (Wildman–Crippen LogP) is 4.16. The molecule has 0 radical (unpaired) electrons. The topological polar surface area (TPSA) is 50.8 Å². The molecule has 3 aromatic carbocycles. The van der Waals surface area contributed by atoms with Crippen LogP contribution in [0.3, 0.4) is 0 Å². The molecule has 0 aliphatic carbocycles. The van der Waals surface area contributed by atoms with Crippen LogP contribution in [0.25, 0.3) is 0 Å². The van der Waals surface area contributed by atoms with Crippen LogP contribution in [0.1, 0.15) is 15.9 Å². The van der Waals surface area contributed by atoms with Gasteiger partial charge in [-0.25, -0.2) is 0 Å². The van der Waals surface area contributed by atoms with Gasteiger partial charge in [-0.3, -0.25) is 4.79 Å². The van der Waals surface area contributed by atoms with Crippen LogP contribution in [0.2, 0.25) is 0 Å². The van der Waals surface area contributed by atoms with E-state index in [0.717, 1.165) is 22.7 Å². The molecule has 1 N–H and O–H groups in total. The summed E-state index contributed by atoms with van der Waals surface area (Å²) >= 11 is 0. The monoisotopic (exact) mass is 374 g/mol. The molecule has 5 nitrogen and oxygen atoms in total. The molecule has 0 fully saturated rings. The number of para-hydroxylation sites is 3. The van der Waals surface area contributed by atoms with Crippen LogP contribution in [0.15, 0.2) is 72.8 Å². The summed E-state index contributed by atoms with van der Waals surface area (Å²) in [7, 11) is 1.96. The molecule has 5 heteroatoms.